The average Bonchev–Trinajstić information content (AvgIpc) is 2.43. The number of ether oxygens (including phenoxy) is 1. The lowest BCUT2D eigenvalue weighted by molar-refractivity contribution is -0.136. The van der Waals surface area contributed by atoms with Crippen molar-refractivity contribution in [3.63, 3.8) is 0 Å². The first kappa shape index (κ1) is 16.5. The first-order valence-electron chi connectivity index (χ1n) is 7.05. The van der Waals surface area contributed by atoms with Crippen molar-refractivity contribution >= 4 is 5.91 Å². The molecule has 1 unspecified atom stereocenters. The molecule has 1 aromatic carbocycles. The van der Waals surface area contributed by atoms with E-state index in [1.807, 2.05) is 56.9 Å². The summed E-state index contributed by atoms with van der Waals surface area (Å²) in [5.74, 6) is 0.929. The molecular weight excluding hydrogens is 252 g/mol. The Morgan fingerprint density at radius 3 is 2.45 bits per heavy atom. The summed E-state index contributed by atoms with van der Waals surface area (Å²) >= 11 is 0. The smallest absolute Gasteiger partial charge is 0.240 e. The molecule has 0 aliphatic carbocycles. The molecule has 0 spiro atoms. The van der Waals surface area contributed by atoms with E-state index in [2.05, 4.69) is 0 Å². The Kier molecular flexibility index (Phi) is 6.02. The van der Waals surface area contributed by atoms with Crippen LogP contribution < -0.4 is 10.5 Å². The fourth-order valence-electron chi connectivity index (χ4n) is 1.96. The zero-order valence-corrected chi connectivity index (χ0v) is 13.1. The highest BCUT2D eigenvalue weighted by Crippen LogP contribution is 2.17. The van der Waals surface area contributed by atoms with Gasteiger partial charge in [-0.15, -0.1) is 0 Å². The van der Waals surface area contributed by atoms with Crippen molar-refractivity contribution in [1.29, 1.82) is 0 Å². The van der Waals surface area contributed by atoms with Crippen LogP contribution in [0.4, 0.5) is 0 Å². The van der Waals surface area contributed by atoms with Crippen LogP contribution in [0.15, 0.2) is 24.3 Å². The summed E-state index contributed by atoms with van der Waals surface area (Å²) in [7, 11) is 1.64. The first-order valence-corrected chi connectivity index (χ1v) is 7.05. The van der Waals surface area contributed by atoms with Crippen molar-refractivity contribution in [2.45, 2.75) is 46.3 Å². The number of methoxy groups -OCH3 is 1. The molecular formula is C16H26N2O2. The van der Waals surface area contributed by atoms with Crippen LogP contribution in [-0.2, 0) is 11.3 Å². The number of benzene rings is 1. The fraction of sp³-hybridized carbons (Fsp3) is 0.562. The molecule has 0 bridgehead atoms. The van der Waals surface area contributed by atoms with Crippen molar-refractivity contribution in [3.05, 3.63) is 29.8 Å². The summed E-state index contributed by atoms with van der Waals surface area (Å²) in [6.45, 7) is 8.49. The molecule has 1 rings (SSSR count). The molecule has 1 atom stereocenters. The van der Waals surface area contributed by atoms with E-state index < -0.39 is 6.04 Å². The summed E-state index contributed by atoms with van der Waals surface area (Å²) in [6.07, 6.45) is 0. The fourth-order valence-corrected chi connectivity index (χ4v) is 1.96. The lowest BCUT2D eigenvalue weighted by atomic mass is 10.0. The van der Waals surface area contributed by atoms with Gasteiger partial charge in [-0.2, -0.15) is 0 Å². The largest absolute Gasteiger partial charge is 0.497 e. The summed E-state index contributed by atoms with van der Waals surface area (Å²) in [4.78, 5) is 14.3. The predicted molar refractivity (Wildman–Crippen MR) is 81.5 cm³/mol. The van der Waals surface area contributed by atoms with Gasteiger partial charge in [-0.3, -0.25) is 4.79 Å². The van der Waals surface area contributed by atoms with Crippen molar-refractivity contribution in [2.75, 3.05) is 7.11 Å². The summed E-state index contributed by atoms with van der Waals surface area (Å²) in [6, 6.07) is 7.42. The van der Waals surface area contributed by atoms with Gasteiger partial charge in [0.1, 0.15) is 5.75 Å². The number of rotatable bonds is 6. The van der Waals surface area contributed by atoms with E-state index in [-0.39, 0.29) is 17.9 Å². The van der Waals surface area contributed by atoms with E-state index in [0.717, 1.165) is 11.3 Å². The van der Waals surface area contributed by atoms with Crippen molar-refractivity contribution in [2.24, 2.45) is 11.7 Å². The normalized spacial score (nSPS) is 12.6. The minimum absolute atomic E-state index is 0.00202. The maximum atomic E-state index is 12.5. The van der Waals surface area contributed by atoms with Gasteiger partial charge in [-0.25, -0.2) is 0 Å². The van der Waals surface area contributed by atoms with Crippen molar-refractivity contribution in [3.8, 4) is 5.75 Å². The first-order chi connectivity index (χ1) is 9.36. The van der Waals surface area contributed by atoms with E-state index in [9.17, 15) is 4.79 Å². The quantitative estimate of drug-likeness (QED) is 0.869. The van der Waals surface area contributed by atoms with Crippen LogP contribution in [0.5, 0.6) is 5.75 Å². The molecule has 0 radical (unpaired) electrons. The minimum atomic E-state index is -0.456. The van der Waals surface area contributed by atoms with Crippen LogP contribution >= 0.6 is 0 Å². The molecule has 0 aliphatic rings. The van der Waals surface area contributed by atoms with Gasteiger partial charge in [0, 0.05) is 12.6 Å². The molecule has 112 valence electrons. The standard InChI is InChI=1S/C16H26N2O2/c1-11(2)15(17)16(19)18(12(3)4)10-13-7-6-8-14(9-13)20-5/h6-9,11-12,15H,10,17H2,1-5H3. The Balaban J connectivity index is 2.89. The van der Waals surface area contributed by atoms with Crippen LogP contribution in [0, 0.1) is 5.92 Å². The second kappa shape index (κ2) is 7.29. The molecule has 0 aromatic heterocycles. The highest BCUT2D eigenvalue weighted by atomic mass is 16.5. The number of carbonyl (C=O) groups is 1. The van der Waals surface area contributed by atoms with Crippen LogP contribution in [0.1, 0.15) is 33.3 Å². The van der Waals surface area contributed by atoms with Gasteiger partial charge in [-0.1, -0.05) is 26.0 Å². The van der Waals surface area contributed by atoms with Gasteiger partial charge in [0.25, 0.3) is 0 Å². The Morgan fingerprint density at radius 1 is 1.30 bits per heavy atom. The number of hydrogen-bond donors (Lipinski definition) is 1. The summed E-state index contributed by atoms with van der Waals surface area (Å²) in [5, 5.41) is 0. The summed E-state index contributed by atoms with van der Waals surface area (Å²) in [5.41, 5.74) is 7.04. The molecule has 0 heterocycles. The third kappa shape index (κ3) is 4.23. The molecule has 0 aliphatic heterocycles. The zero-order chi connectivity index (χ0) is 15.3. The number of nitrogens with two attached hydrogens (primary N) is 1. The molecule has 4 nitrogen and oxygen atoms in total. The van der Waals surface area contributed by atoms with Crippen LogP contribution in [0.2, 0.25) is 0 Å². The Hall–Kier alpha value is -1.55. The Morgan fingerprint density at radius 2 is 1.95 bits per heavy atom. The molecule has 0 saturated heterocycles. The number of hydrogen-bond acceptors (Lipinski definition) is 3. The van der Waals surface area contributed by atoms with E-state index in [1.165, 1.54) is 0 Å². The van der Waals surface area contributed by atoms with Gasteiger partial charge in [0.15, 0.2) is 0 Å². The number of carbonyl (C=O) groups excluding carboxylic acids is 1. The lowest BCUT2D eigenvalue weighted by Gasteiger charge is -2.30. The van der Waals surface area contributed by atoms with Crippen LogP contribution in [0.25, 0.3) is 0 Å². The highest BCUT2D eigenvalue weighted by Gasteiger charge is 2.25. The van der Waals surface area contributed by atoms with E-state index in [0.29, 0.717) is 6.54 Å². The lowest BCUT2D eigenvalue weighted by Crippen LogP contribution is -2.48. The predicted octanol–water partition coefficient (Wildman–Crippen LogP) is 2.42. The molecule has 0 saturated carbocycles. The second-order valence-electron chi connectivity index (χ2n) is 5.68. The second-order valence-corrected chi connectivity index (χ2v) is 5.68. The molecule has 20 heavy (non-hydrogen) atoms. The van der Waals surface area contributed by atoms with Crippen LogP contribution in [-0.4, -0.2) is 30.0 Å². The number of amides is 1. The SMILES string of the molecule is COc1cccc(CN(C(=O)C(N)C(C)C)C(C)C)c1. The minimum Gasteiger partial charge on any atom is -0.497 e. The van der Waals surface area contributed by atoms with E-state index in [4.69, 9.17) is 10.5 Å². The Labute approximate surface area is 121 Å². The van der Waals surface area contributed by atoms with E-state index >= 15 is 0 Å². The van der Waals surface area contributed by atoms with Crippen molar-refractivity contribution in [1.82, 2.24) is 4.90 Å². The Bertz CT molecular complexity index is 444. The van der Waals surface area contributed by atoms with E-state index in [1.54, 1.807) is 7.11 Å². The molecule has 1 amide bonds. The van der Waals surface area contributed by atoms with Crippen molar-refractivity contribution < 1.29 is 9.53 Å². The maximum Gasteiger partial charge on any atom is 0.240 e. The van der Waals surface area contributed by atoms with Crippen LogP contribution in [0.3, 0.4) is 0 Å². The molecule has 4 heteroatoms. The van der Waals surface area contributed by atoms with Gasteiger partial charge >= 0.3 is 0 Å². The average molecular weight is 278 g/mol. The molecule has 1 aromatic rings. The van der Waals surface area contributed by atoms with Gasteiger partial charge in [-0.05, 0) is 37.5 Å². The topological polar surface area (TPSA) is 55.6 Å². The van der Waals surface area contributed by atoms with Gasteiger partial charge in [0.2, 0.25) is 5.91 Å². The highest BCUT2D eigenvalue weighted by molar-refractivity contribution is 5.82. The van der Waals surface area contributed by atoms with Gasteiger partial charge < -0.3 is 15.4 Å². The maximum absolute atomic E-state index is 12.5. The summed E-state index contributed by atoms with van der Waals surface area (Å²) < 4.78 is 5.21. The third-order valence-corrected chi connectivity index (χ3v) is 3.40. The zero-order valence-electron chi connectivity index (χ0n) is 13.1. The van der Waals surface area contributed by atoms with Gasteiger partial charge in [0.05, 0.1) is 13.2 Å². The molecule has 2 N–H and O–H groups in total. The third-order valence-electron chi connectivity index (χ3n) is 3.40. The monoisotopic (exact) mass is 278 g/mol. The number of nitrogens with zero attached hydrogens (tertiary/aromatic N) is 1. The molecule has 0 fully saturated rings.